The van der Waals surface area contributed by atoms with E-state index in [2.05, 4.69) is 49.5 Å². The van der Waals surface area contributed by atoms with Crippen molar-refractivity contribution in [3.05, 3.63) is 53.1 Å². The summed E-state index contributed by atoms with van der Waals surface area (Å²) >= 11 is 8.02. The molecule has 3 heterocycles. The van der Waals surface area contributed by atoms with Crippen LogP contribution in [0.3, 0.4) is 0 Å². The van der Waals surface area contributed by atoms with Gasteiger partial charge in [0, 0.05) is 60.1 Å². The van der Waals surface area contributed by atoms with Crippen LogP contribution >= 0.6 is 35.5 Å². The van der Waals surface area contributed by atoms with Crippen molar-refractivity contribution in [3.63, 3.8) is 0 Å². The highest BCUT2D eigenvalue weighted by Crippen LogP contribution is 2.30. The van der Waals surface area contributed by atoms with Gasteiger partial charge in [0.15, 0.2) is 5.88 Å². The third-order valence-corrected chi connectivity index (χ3v) is 6.67. The lowest BCUT2D eigenvalue weighted by Gasteiger charge is -2.35. The number of aromatic nitrogens is 2. The summed E-state index contributed by atoms with van der Waals surface area (Å²) in [6.45, 7) is 5.01. The maximum absolute atomic E-state index is 9.63. The van der Waals surface area contributed by atoms with E-state index in [1.807, 2.05) is 6.07 Å². The van der Waals surface area contributed by atoms with Gasteiger partial charge >= 0.3 is 0 Å². The second kappa shape index (κ2) is 9.41. The minimum absolute atomic E-state index is 0. The number of fused-ring (bicyclic) bond motifs is 2. The van der Waals surface area contributed by atoms with Crippen molar-refractivity contribution in [1.82, 2.24) is 14.3 Å². The van der Waals surface area contributed by atoms with Gasteiger partial charge in [0.25, 0.3) is 0 Å². The number of H-pyrrole nitrogens is 1. The van der Waals surface area contributed by atoms with Crippen molar-refractivity contribution in [2.24, 2.45) is 0 Å². The van der Waals surface area contributed by atoms with Crippen LogP contribution in [-0.2, 0) is 6.42 Å². The van der Waals surface area contributed by atoms with Crippen LogP contribution < -0.4 is 4.90 Å². The molecule has 0 saturated carbocycles. The molecule has 9 heteroatoms. The maximum atomic E-state index is 9.63. The Kier molecular flexibility index (Phi) is 7.10. The van der Waals surface area contributed by atoms with Crippen molar-refractivity contribution < 1.29 is 10.6 Å². The number of benzene rings is 2. The van der Waals surface area contributed by atoms with Crippen LogP contribution in [0.25, 0.3) is 21.0 Å². The van der Waals surface area contributed by atoms with Gasteiger partial charge in [0.1, 0.15) is 5.82 Å². The Morgan fingerprint density at radius 3 is 2.67 bits per heavy atom. The lowest BCUT2D eigenvalue weighted by molar-refractivity contribution is 0.261. The number of anilines is 1. The number of hydrogen-bond acceptors (Lipinski definition) is 5. The molecule has 6 nitrogen and oxygen atoms in total. The molecule has 30 heavy (non-hydrogen) atoms. The van der Waals surface area contributed by atoms with Crippen LogP contribution in [0, 0.1) is 0 Å². The van der Waals surface area contributed by atoms with Crippen LogP contribution in [0.15, 0.2) is 42.5 Å². The summed E-state index contributed by atoms with van der Waals surface area (Å²) in [5.74, 6) is 1.30. The minimum atomic E-state index is 0. The van der Waals surface area contributed by atoms with Crippen molar-refractivity contribution in [1.29, 1.82) is 0 Å². The van der Waals surface area contributed by atoms with Crippen molar-refractivity contribution in [3.8, 4) is 5.88 Å². The van der Waals surface area contributed by atoms with Crippen molar-refractivity contribution >= 4 is 62.3 Å². The highest BCUT2D eigenvalue weighted by molar-refractivity contribution is 7.13. The summed E-state index contributed by atoms with van der Waals surface area (Å²) < 4.78 is 5.94. The number of aromatic amines is 1. The molecule has 1 aliphatic heterocycles. The topological polar surface area (TPSA) is 86.9 Å². The van der Waals surface area contributed by atoms with Crippen LogP contribution in [-0.4, -0.2) is 57.6 Å². The maximum Gasteiger partial charge on any atom is 0.189 e. The fourth-order valence-electron chi connectivity index (χ4n) is 3.94. The number of halogens is 2. The Balaban J connectivity index is 0.00000128. The molecule has 0 bridgehead atoms. The summed E-state index contributed by atoms with van der Waals surface area (Å²) in [4.78, 5) is 7.80. The monoisotopic (exact) mass is 466 g/mol. The Morgan fingerprint density at radius 1 is 1.10 bits per heavy atom. The van der Waals surface area contributed by atoms with Crippen LogP contribution in [0.4, 0.5) is 5.82 Å². The quantitative estimate of drug-likeness (QED) is 0.473. The molecule has 0 amide bonds. The smallest absolute Gasteiger partial charge is 0.189 e. The lowest BCUT2D eigenvalue weighted by Crippen LogP contribution is -2.47. The van der Waals surface area contributed by atoms with Gasteiger partial charge in [0.05, 0.1) is 4.70 Å². The number of piperazine rings is 1. The molecule has 2 aromatic carbocycles. The summed E-state index contributed by atoms with van der Waals surface area (Å²) in [5.41, 5.74) is 2.00. The summed E-state index contributed by atoms with van der Waals surface area (Å²) in [6, 6.07) is 14.2. The van der Waals surface area contributed by atoms with E-state index in [-0.39, 0.29) is 23.8 Å². The molecule has 0 atom stereocenters. The zero-order valence-corrected chi connectivity index (χ0v) is 18.7. The second-order valence-corrected chi connectivity index (χ2v) is 8.48. The predicted molar refractivity (Wildman–Crippen MR) is 128 cm³/mol. The largest absolute Gasteiger partial charge is 0.495 e. The number of hydrogen-bond donors (Lipinski definition) is 2. The summed E-state index contributed by atoms with van der Waals surface area (Å²) in [7, 11) is 0. The lowest BCUT2D eigenvalue weighted by atomic mass is 10.1. The summed E-state index contributed by atoms with van der Waals surface area (Å²) in [5, 5.41) is 12.6. The average molecular weight is 467 g/mol. The molecule has 4 aromatic rings. The number of rotatable bonds is 4. The summed E-state index contributed by atoms with van der Waals surface area (Å²) in [6.07, 6.45) is 0.903. The van der Waals surface area contributed by atoms with Crippen molar-refractivity contribution in [2.75, 3.05) is 37.6 Å². The average Bonchev–Trinajstić information content (AvgIpc) is 3.29. The zero-order valence-electron chi connectivity index (χ0n) is 16.3. The fraction of sp³-hybridized carbons (Fsp3) is 0.286. The molecular weight excluding hydrogens is 443 g/mol. The van der Waals surface area contributed by atoms with Crippen LogP contribution in [0.2, 0.25) is 5.02 Å². The van der Waals surface area contributed by atoms with E-state index < -0.39 is 0 Å². The standard InChI is InChI=1S/C21H21ClN4OS.ClH.H2O/c22-17-13-18-15(12-20(27)23-18)11-14(17)5-6-25-7-9-26(10-8-25)21-16-3-1-2-4-19(16)28-24-21;;/h1-4,11-13,23,27H,5-10H2;1H;1H2. The van der Waals surface area contributed by atoms with E-state index in [0.717, 1.165) is 66.5 Å². The highest BCUT2D eigenvalue weighted by atomic mass is 35.5. The molecule has 0 aliphatic carbocycles. The Bertz CT molecular complexity index is 1140. The molecule has 0 unspecified atom stereocenters. The Labute approximate surface area is 189 Å². The van der Waals surface area contributed by atoms with Gasteiger partial charge in [-0.2, -0.15) is 4.37 Å². The number of nitrogens with zero attached hydrogens (tertiary/aromatic N) is 3. The Morgan fingerprint density at radius 2 is 1.87 bits per heavy atom. The SMILES string of the molecule is Cl.O.Oc1cc2cc(CCN3CCN(c4nsc5ccccc45)CC3)c(Cl)cc2[nH]1. The molecule has 5 rings (SSSR count). The van der Waals surface area contributed by atoms with Crippen LogP contribution in [0.1, 0.15) is 5.56 Å². The highest BCUT2D eigenvalue weighted by Gasteiger charge is 2.20. The van der Waals surface area contributed by atoms with Gasteiger partial charge in [-0.05, 0) is 47.8 Å². The van der Waals surface area contributed by atoms with Gasteiger partial charge < -0.3 is 20.5 Å². The van der Waals surface area contributed by atoms with E-state index >= 15 is 0 Å². The van der Waals surface area contributed by atoms with E-state index in [1.165, 1.54) is 10.1 Å². The van der Waals surface area contributed by atoms with Gasteiger partial charge in [-0.25, -0.2) is 0 Å². The zero-order chi connectivity index (χ0) is 19.1. The molecule has 0 spiro atoms. The van der Waals surface area contributed by atoms with E-state index in [1.54, 1.807) is 17.6 Å². The first-order valence-corrected chi connectivity index (χ1v) is 10.6. The first-order valence-electron chi connectivity index (χ1n) is 9.49. The van der Waals surface area contributed by atoms with Gasteiger partial charge in [-0.1, -0.05) is 23.7 Å². The van der Waals surface area contributed by atoms with Gasteiger partial charge in [0.2, 0.25) is 0 Å². The van der Waals surface area contributed by atoms with E-state index in [4.69, 9.17) is 11.6 Å². The second-order valence-electron chi connectivity index (χ2n) is 7.27. The minimum Gasteiger partial charge on any atom is -0.495 e. The first kappa shape index (κ1) is 22.7. The molecule has 0 radical (unpaired) electrons. The molecule has 1 aliphatic rings. The molecule has 2 aromatic heterocycles. The third-order valence-electron chi connectivity index (χ3n) is 5.50. The molecule has 4 N–H and O–H groups in total. The molecular formula is C21H24Cl2N4O2S. The van der Waals surface area contributed by atoms with Crippen molar-refractivity contribution in [2.45, 2.75) is 6.42 Å². The van der Waals surface area contributed by atoms with E-state index in [0.29, 0.717) is 0 Å². The first-order chi connectivity index (χ1) is 13.7. The Hall–Kier alpha value is -2.03. The fourth-order valence-corrected chi connectivity index (χ4v) is 4.99. The molecule has 1 fully saturated rings. The normalized spacial score (nSPS) is 14.6. The van der Waals surface area contributed by atoms with Gasteiger partial charge in [-0.15, -0.1) is 12.4 Å². The third kappa shape index (κ3) is 4.36. The number of nitrogens with one attached hydrogen (secondary N) is 1. The predicted octanol–water partition coefficient (Wildman–Crippen LogP) is 4.10. The molecule has 160 valence electrons. The molecule has 1 saturated heterocycles. The van der Waals surface area contributed by atoms with E-state index in [9.17, 15) is 5.11 Å². The number of aromatic hydroxyl groups is 1. The van der Waals surface area contributed by atoms with Crippen LogP contribution in [0.5, 0.6) is 5.88 Å². The van der Waals surface area contributed by atoms with Gasteiger partial charge in [-0.3, -0.25) is 4.90 Å².